The molecule has 0 heterocycles. The normalized spacial score (nSPS) is 31.3. The lowest BCUT2D eigenvalue weighted by Crippen LogP contribution is -2.36. The Bertz CT molecular complexity index is 452. The Kier molecular flexibility index (Phi) is 4.49. The van der Waals surface area contributed by atoms with E-state index < -0.39 is 0 Å². The number of hydrogen-bond donors (Lipinski definition) is 1. The molecule has 0 spiro atoms. The molecule has 1 N–H and O–H groups in total. The van der Waals surface area contributed by atoms with Gasteiger partial charge in [-0.05, 0) is 60.6 Å². The van der Waals surface area contributed by atoms with Gasteiger partial charge in [0.2, 0.25) is 0 Å². The van der Waals surface area contributed by atoms with Crippen LogP contribution < -0.4 is 5.32 Å². The summed E-state index contributed by atoms with van der Waals surface area (Å²) in [6.45, 7) is 2.90. The third-order valence-electron chi connectivity index (χ3n) is 4.91. The highest BCUT2D eigenvalue weighted by Crippen LogP contribution is 2.60. The van der Waals surface area contributed by atoms with E-state index in [-0.39, 0.29) is 0 Å². The summed E-state index contributed by atoms with van der Waals surface area (Å²) in [4.78, 5) is 0. The first-order chi connectivity index (χ1) is 9.71. The quantitative estimate of drug-likeness (QED) is 0.767. The molecular weight excluding hydrogens is 314 g/mol. The minimum Gasteiger partial charge on any atom is -0.383 e. The summed E-state index contributed by atoms with van der Waals surface area (Å²) >= 11 is 3.59. The molecule has 2 aliphatic rings. The lowest BCUT2D eigenvalue weighted by Gasteiger charge is -2.31. The van der Waals surface area contributed by atoms with Crippen LogP contribution in [0.15, 0.2) is 28.7 Å². The SMILES string of the molecule is COCCNCC1(Cc2cccc(Br)c2)CC2CC2C1. The minimum absolute atomic E-state index is 0.474. The van der Waals surface area contributed by atoms with E-state index in [4.69, 9.17) is 4.74 Å². The Labute approximate surface area is 130 Å². The van der Waals surface area contributed by atoms with E-state index in [0.29, 0.717) is 5.41 Å². The van der Waals surface area contributed by atoms with Crippen molar-refractivity contribution in [1.29, 1.82) is 0 Å². The van der Waals surface area contributed by atoms with Gasteiger partial charge in [0.1, 0.15) is 0 Å². The zero-order chi connectivity index (χ0) is 14.0. The fourth-order valence-corrected chi connectivity index (χ4v) is 4.41. The van der Waals surface area contributed by atoms with Crippen LogP contribution in [0.4, 0.5) is 0 Å². The molecule has 1 aromatic rings. The predicted molar refractivity (Wildman–Crippen MR) is 85.9 cm³/mol. The number of halogens is 1. The number of benzene rings is 1. The van der Waals surface area contributed by atoms with E-state index in [2.05, 4.69) is 45.5 Å². The van der Waals surface area contributed by atoms with Gasteiger partial charge in [0.25, 0.3) is 0 Å². The summed E-state index contributed by atoms with van der Waals surface area (Å²) in [5.74, 6) is 2.04. The second kappa shape index (κ2) is 6.17. The van der Waals surface area contributed by atoms with Crippen molar-refractivity contribution in [2.24, 2.45) is 17.3 Å². The van der Waals surface area contributed by atoms with Crippen LogP contribution in [0.2, 0.25) is 0 Å². The average Bonchev–Trinajstić information content (AvgIpc) is 3.03. The molecule has 2 atom stereocenters. The second-order valence-electron chi connectivity index (χ2n) is 6.64. The standard InChI is InChI=1S/C17H24BrNO/c1-20-6-5-19-12-17(10-14-8-15(14)11-17)9-13-3-2-4-16(18)7-13/h2-4,7,14-15,19H,5-6,8-12H2,1H3. The van der Waals surface area contributed by atoms with Gasteiger partial charge in [-0.25, -0.2) is 0 Å². The van der Waals surface area contributed by atoms with Gasteiger partial charge in [0.05, 0.1) is 6.61 Å². The van der Waals surface area contributed by atoms with Crippen LogP contribution in [-0.4, -0.2) is 26.8 Å². The van der Waals surface area contributed by atoms with Crippen LogP contribution in [0, 0.1) is 17.3 Å². The Morgan fingerprint density at radius 1 is 1.35 bits per heavy atom. The van der Waals surface area contributed by atoms with E-state index in [1.54, 1.807) is 7.11 Å². The van der Waals surface area contributed by atoms with Gasteiger partial charge < -0.3 is 10.1 Å². The molecule has 0 saturated heterocycles. The lowest BCUT2D eigenvalue weighted by molar-refractivity contribution is 0.186. The van der Waals surface area contributed by atoms with Crippen molar-refractivity contribution in [3.63, 3.8) is 0 Å². The van der Waals surface area contributed by atoms with E-state index >= 15 is 0 Å². The Balaban J connectivity index is 1.63. The fourth-order valence-electron chi connectivity index (χ4n) is 3.96. The molecule has 110 valence electrons. The topological polar surface area (TPSA) is 21.3 Å². The van der Waals surface area contributed by atoms with Crippen LogP contribution in [0.5, 0.6) is 0 Å². The molecule has 0 radical (unpaired) electrons. The molecule has 0 bridgehead atoms. The maximum Gasteiger partial charge on any atom is 0.0587 e. The summed E-state index contributed by atoms with van der Waals surface area (Å²) in [7, 11) is 1.77. The highest BCUT2D eigenvalue weighted by Gasteiger charge is 2.53. The van der Waals surface area contributed by atoms with E-state index in [9.17, 15) is 0 Å². The van der Waals surface area contributed by atoms with Crippen molar-refractivity contribution in [2.75, 3.05) is 26.8 Å². The van der Waals surface area contributed by atoms with Crippen molar-refractivity contribution < 1.29 is 4.74 Å². The zero-order valence-electron chi connectivity index (χ0n) is 12.2. The summed E-state index contributed by atoms with van der Waals surface area (Å²) < 4.78 is 6.33. The molecule has 0 amide bonds. The monoisotopic (exact) mass is 337 g/mol. The highest BCUT2D eigenvalue weighted by atomic mass is 79.9. The molecule has 2 unspecified atom stereocenters. The number of hydrogen-bond acceptors (Lipinski definition) is 2. The number of fused-ring (bicyclic) bond motifs is 1. The summed E-state index contributed by atoms with van der Waals surface area (Å²) in [6, 6.07) is 8.81. The van der Waals surface area contributed by atoms with E-state index in [1.807, 2.05) is 0 Å². The average molecular weight is 338 g/mol. The molecule has 2 fully saturated rings. The molecule has 3 rings (SSSR count). The van der Waals surface area contributed by atoms with Crippen molar-refractivity contribution in [3.05, 3.63) is 34.3 Å². The third-order valence-corrected chi connectivity index (χ3v) is 5.40. The van der Waals surface area contributed by atoms with Crippen molar-refractivity contribution >= 4 is 15.9 Å². The zero-order valence-corrected chi connectivity index (χ0v) is 13.8. The van der Waals surface area contributed by atoms with Crippen LogP contribution in [0.25, 0.3) is 0 Å². The Morgan fingerprint density at radius 2 is 2.15 bits per heavy atom. The van der Waals surface area contributed by atoms with Crippen molar-refractivity contribution in [1.82, 2.24) is 5.32 Å². The van der Waals surface area contributed by atoms with Crippen LogP contribution in [0.1, 0.15) is 24.8 Å². The van der Waals surface area contributed by atoms with Crippen molar-refractivity contribution in [2.45, 2.75) is 25.7 Å². The summed E-state index contributed by atoms with van der Waals surface area (Å²) in [5.41, 5.74) is 1.94. The van der Waals surface area contributed by atoms with Gasteiger partial charge in [0.15, 0.2) is 0 Å². The molecule has 1 aromatic carbocycles. The molecule has 2 nitrogen and oxygen atoms in total. The Hall–Kier alpha value is -0.380. The van der Waals surface area contributed by atoms with Gasteiger partial charge in [-0.2, -0.15) is 0 Å². The van der Waals surface area contributed by atoms with Gasteiger partial charge in [0, 0.05) is 24.7 Å². The molecular formula is C17H24BrNO. The Morgan fingerprint density at radius 3 is 2.85 bits per heavy atom. The first-order valence-electron chi connectivity index (χ1n) is 7.65. The highest BCUT2D eigenvalue weighted by molar-refractivity contribution is 9.10. The first-order valence-corrected chi connectivity index (χ1v) is 8.44. The molecule has 3 heteroatoms. The lowest BCUT2D eigenvalue weighted by atomic mass is 9.77. The van der Waals surface area contributed by atoms with Gasteiger partial charge in [-0.15, -0.1) is 0 Å². The number of ether oxygens (including phenoxy) is 1. The van der Waals surface area contributed by atoms with Gasteiger partial charge in [-0.1, -0.05) is 28.1 Å². The van der Waals surface area contributed by atoms with E-state index in [0.717, 1.165) is 31.5 Å². The summed E-state index contributed by atoms with van der Waals surface area (Å²) in [5, 5.41) is 3.61. The van der Waals surface area contributed by atoms with Crippen LogP contribution >= 0.6 is 15.9 Å². The van der Waals surface area contributed by atoms with E-state index in [1.165, 1.54) is 35.7 Å². The number of methoxy groups -OCH3 is 1. The second-order valence-corrected chi connectivity index (χ2v) is 7.56. The smallest absolute Gasteiger partial charge is 0.0587 e. The fraction of sp³-hybridized carbons (Fsp3) is 0.647. The minimum atomic E-state index is 0.474. The molecule has 20 heavy (non-hydrogen) atoms. The summed E-state index contributed by atoms with van der Waals surface area (Å²) in [6.07, 6.45) is 5.51. The molecule has 0 aromatic heterocycles. The number of rotatable bonds is 7. The predicted octanol–water partition coefficient (Wildman–Crippen LogP) is 3.64. The van der Waals surface area contributed by atoms with Crippen LogP contribution in [-0.2, 0) is 11.2 Å². The van der Waals surface area contributed by atoms with Gasteiger partial charge in [-0.3, -0.25) is 0 Å². The molecule has 2 aliphatic carbocycles. The third kappa shape index (κ3) is 3.44. The molecule has 2 saturated carbocycles. The maximum atomic E-state index is 5.13. The van der Waals surface area contributed by atoms with Crippen LogP contribution in [0.3, 0.4) is 0 Å². The maximum absolute atomic E-state index is 5.13. The van der Waals surface area contributed by atoms with Gasteiger partial charge >= 0.3 is 0 Å². The largest absolute Gasteiger partial charge is 0.383 e. The van der Waals surface area contributed by atoms with Crippen molar-refractivity contribution in [3.8, 4) is 0 Å². The first kappa shape index (κ1) is 14.6. The number of nitrogens with one attached hydrogen (secondary N) is 1. The molecule has 0 aliphatic heterocycles.